The van der Waals surface area contributed by atoms with Crippen molar-refractivity contribution in [2.75, 3.05) is 11.5 Å². The van der Waals surface area contributed by atoms with Crippen LogP contribution in [-0.4, -0.2) is 41.1 Å². The molecule has 23 heavy (non-hydrogen) atoms. The van der Waals surface area contributed by atoms with E-state index in [-0.39, 0.29) is 23.5 Å². The third-order valence-electron chi connectivity index (χ3n) is 3.65. The second-order valence-corrected chi connectivity index (χ2v) is 10.0. The number of benzene rings is 1. The van der Waals surface area contributed by atoms with Crippen LogP contribution < -0.4 is 0 Å². The zero-order chi connectivity index (χ0) is 16.8. The summed E-state index contributed by atoms with van der Waals surface area (Å²) in [7, 11) is -3.09. The van der Waals surface area contributed by atoms with Crippen molar-refractivity contribution < 1.29 is 13.2 Å². The fraction of sp³-hybridized carbons (Fsp3) is 0.286. The van der Waals surface area contributed by atoms with Crippen molar-refractivity contribution in [1.29, 1.82) is 0 Å². The third kappa shape index (κ3) is 3.58. The summed E-state index contributed by atoms with van der Waals surface area (Å²) in [6.45, 7) is 0. The lowest BCUT2D eigenvalue weighted by molar-refractivity contribution is -0.123. The van der Waals surface area contributed by atoms with Gasteiger partial charge in [0.25, 0.3) is 5.91 Å². The van der Waals surface area contributed by atoms with Gasteiger partial charge in [-0.15, -0.1) is 0 Å². The lowest BCUT2D eigenvalue weighted by Crippen LogP contribution is -2.39. The highest BCUT2D eigenvalue weighted by atomic mass is 35.5. The van der Waals surface area contributed by atoms with Crippen LogP contribution in [0.25, 0.3) is 6.08 Å². The SMILES string of the molecule is O=C1/C(=C/c2ccc(Cl)cc2Cl)SC(=S)N1[C@@H]1CCS(=O)(=O)C1. The van der Waals surface area contributed by atoms with Crippen molar-refractivity contribution in [3.05, 3.63) is 38.7 Å². The van der Waals surface area contributed by atoms with Crippen LogP contribution in [0.15, 0.2) is 23.1 Å². The Balaban J connectivity index is 1.88. The number of halogens is 2. The van der Waals surface area contributed by atoms with Crippen molar-refractivity contribution in [3.63, 3.8) is 0 Å². The number of hydrogen-bond acceptors (Lipinski definition) is 5. The van der Waals surface area contributed by atoms with Crippen molar-refractivity contribution in [1.82, 2.24) is 4.90 Å². The van der Waals surface area contributed by atoms with Gasteiger partial charge in [-0.05, 0) is 30.2 Å². The molecule has 2 heterocycles. The first-order chi connectivity index (χ1) is 10.8. The minimum Gasteiger partial charge on any atom is -0.289 e. The van der Waals surface area contributed by atoms with Gasteiger partial charge < -0.3 is 0 Å². The van der Waals surface area contributed by atoms with E-state index in [0.29, 0.717) is 31.3 Å². The quantitative estimate of drug-likeness (QED) is 0.555. The molecule has 0 aromatic heterocycles. The molecule has 0 aliphatic carbocycles. The van der Waals surface area contributed by atoms with Crippen molar-refractivity contribution in [2.45, 2.75) is 12.5 Å². The first-order valence-corrected chi connectivity index (χ1v) is 10.5. The Morgan fingerprint density at radius 1 is 1.35 bits per heavy atom. The summed E-state index contributed by atoms with van der Waals surface area (Å²) in [5.74, 6) is -0.210. The number of sulfone groups is 1. The Morgan fingerprint density at radius 3 is 2.70 bits per heavy atom. The summed E-state index contributed by atoms with van der Waals surface area (Å²) in [4.78, 5) is 14.4. The minimum absolute atomic E-state index is 0.0333. The topological polar surface area (TPSA) is 54.5 Å². The van der Waals surface area contributed by atoms with E-state index in [2.05, 4.69) is 0 Å². The number of amides is 1. The first-order valence-electron chi connectivity index (χ1n) is 6.69. The molecule has 1 amide bonds. The Labute approximate surface area is 153 Å². The molecular formula is C14H11Cl2NO3S3. The second kappa shape index (κ2) is 6.37. The number of nitrogens with zero attached hydrogens (tertiary/aromatic N) is 1. The number of thioether (sulfide) groups is 1. The molecule has 0 unspecified atom stereocenters. The molecule has 1 aromatic rings. The van der Waals surface area contributed by atoms with E-state index in [9.17, 15) is 13.2 Å². The Morgan fingerprint density at radius 2 is 2.09 bits per heavy atom. The molecular weight excluding hydrogens is 397 g/mol. The largest absolute Gasteiger partial charge is 0.289 e. The lowest BCUT2D eigenvalue weighted by atomic mass is 10.2. The van der Waals surface area contributed by atoms with Gasteiger partial charge in [-0.3, -0.25) is 9.69 Å². The van der Waals surface area contributed by atoms with Crippen LogP contribution in [0.1, 0.15) is 12.0 Å². The van der Waals surface area contributed by atoms with E-state index < -0.39 is 9.84 Å². The fourth-order valence-electron chi connectivity index (χ4n) is 2.53. The maximum Gasteiger partial charge on any atom is 0.266 e. The standard InChI is InChI=1S/C14H11Cl2NO3S3/c15-9-2-1-8(11(16)6-9)5-12-13(18)17(14(21)22-12)10-3-4-23(19,20)7-10/h1-2,5-6,10H,3-4,7H2/b12-5-/t10-/m1/s1. The molecule has 2 aliphatic rings. The van der Waals surface area contributed by atoms with Gasteiger partial charge in [0.05, 0.1) is 22.5 Å². The molecule has 0 radical (unpaired) electrons. The van der Waals surface area contributed by atoms with Gasteiger partial charge in [-0.2, -0.15) is 0 Å². The zero-order valence-corrected chi connectivity index (χ0v) is 15.6. The van der Waals surface area contributed by atoms with E-state index in [0.717, 1.165) is 11.8 Å². The molecule has 2 aliphatic heterocycles. The average Bonchev–Trinajstić information content (AvgIpc) is 2.93. The highest BCUT2D eigenvalue weighted by Gasteiger charge is 2.42. The molecule has 3 rings (SSSR count). The maximum atomic E-state index is 12.6. The van der Waals surface area contributed by atoms with Crippen LogP contribution >= 0.6 is 47.2 Å². The smallest absolute Gasteiger partial charge is 0.266 e. The molecule has 9 heteroatoms. The molecule has 0 saturated carbocycles. The molecule has 0 N–H and O–H groups in total. The van der Waals surface area contributed by atoms with E-state index in [1.165, 1.54) is 4.90 Å². The maximum absolute atomic E-state index is 12.6. The average molecular weight is 408 g/mol. The minimum atomic E-state index is -3.09. The second-order valence-electron chi connectivity index (χ2n) is 5.27. The summed E-state index contributed by atoms with van der Waals surface area (Å²) in [6.07, 6.45) is 2.07. The predicted molar refractivity (Wildman–Crippen MR) is 98.5 cm³/mol. The highest BCUT2D eigenvalue weighted by molar-refractivity contribution is 8.26. The van der Waals surface area contributed by atoms with E-state index in [1.807, 2.05) is 0 Å². The Bertz CT molecular complexity index is 836. The summed E-state index contributed by atoms with van der Waals surface area (Å²) >= 11 is 18.4. The molecule has 4 nitrogen and oxygen atoms in total. The van der Waals surface area contributed by atoms with Gasteiger partial charge >= 0.3 is 0 Å². The Hall–Kier alpha value is -0.600. The van der Waals surface area contributed by atoms with Crippen LogP contribution in [0.4, 0.5) is 0 Å². The first kappa shape index (κ1) is 17.2. The van der Waals surface area contributed by atoms with Crippen molar-refractivity contribution in [3.8, 4) is 0 Å². The van der Waals surface area contributed by atoms with Crippen LogP contribution in [0.5, 0.6) is 0 Å². The van der Waals surface area contributed by atoms with Gasteiger partial charge in [0, 0.05) is 10.0 Å². The molecule has 1 atom stereocenters. The van der Waals surface area contributed by atoms with Gasteiger partial charge in [0.15, 0.2) is 9.84 Å². The van der Waals surface area contributed by atoms with E-state index in [4.69, 9.17) is 35.4 Å². The lowest BCUT2D eigenvalue weighted by Gasteiger charge is -2.20. The van der Waals surface area contributed by atoms with Crippen molar-refractivity contribution in [2.24, 2.45) is 0 Å². The highest BCUT2D eigenvalue weighted by Crippen LogP contribution is 2.37. The Kier molecular flexibility index (Phi) is 4.77. The summed E-state index contributed by atoms with van der Waals surface area (Å²) in [5.41, 5.74) is 0.663. The van der Waals surface area contributed by atoms with Gasteiger partial charge in [0.1, 0.15) is 4.32 Å². The molecule has 122 valence electrons. The van der Waals surface area contributed by atoms with Crippen LogP contribution in [0, 0.1) is 0 Å². The molecule has 1 aromatic carbocycles. The number of thiocarbonyl (C=S) groups is 1. The number of hydrogen-bond donors (Lipinski definition) is 0. The van der Waals surface area contributed by atoms with Gasteiger partial charge in [-0.25, -0.2) is 8.42 Å². The van der Waals surface area contributed by atoms with Crippen molar-refractivity contribution >= 4 is 73.3 Å². The number of carbonyl (C=O) groups is 1. The van der Waals surface area contributed by atoms with Gasteiger partial charge in [0.2, 0.25) is 0 Å². The molecule has 2 saturated heterocycles. The summed E-state index contributed by atoms with van der Waals surface area (Å²) in [5, 5.41) is 0.946. The summed E-state index contributed by atoms with van der Waals surface area (Å²) < 4.78 is 23.6. The number of carbonyl (C=O) groups excluding carboxylic acids is 1. The van der Waals surface area contributed by atoms with Crippen LogP contribution in [-0.2, 0) is 14.6 Å². The van der Waals surface area contributed by atoms with E-state index >= 15 is 0 Å². The van der Waals surface area contributed by atoms with Gasteiger partial charge in [-0.1, -0.05) is 53.2 Å². The zero-order valence-electron chi connectivity index (χ0n) is 11.7. The monoisotopic (exact) mass is 407 g/mol. The van der Waals surface area contributed by atoms with Crippen LogP contribution in [0.2, 0.25) is 10.0 Å². The molecule has 0 bridgehead atoms. The predicted octanol–water partition coefficient (Wildman–Crippen LogP) is 3.38. The number of rotatable bonds is 2. The van der Waals surface area contributed by atoms with E-state index in [1.54, 1.807) is 24.3 Å². The third-order valence-corrected chi connectivity index (χ3v) is 7.29. The molecule has 0 spiro atoms. The normalized spacial score (nSPS) is 25.6. The van der Waals surface area contributed by atoms with Crippen LogP contribution in [0.3, 0.4) is 0 Å². The fourth-order valence-corrected chi connectivity index (χ4v) is 6.09. The summed E-state index contributed by atoms with van der Waals surface area (Å²) in [6, 6.07) is 4.62. The molecule has 2 fully saturated rings.